The molecule has 0 saturated carbocycles. The zero-order valence-electron chi connectivity index (χ0n) is 19.9. The number of carbonyl (C=O) groups is 3. The van der Waals surface area contributed by atoms with Gasteiger partial charge < -0.3 is 10.0 Å². The largest absolute Gasteiger partial charge is 0.395 e. The number of imide groups is 1. The molecule has 0 spiro atoms. The molecule has 1 atom stereocenters. The number of hydrogen-bond donors (Lipinski definition) is 1. The molecule has 1 N–H and O–H groups in total. The first-order valence-corrected chi connectivity index (χ1v) is 11.8. The Bertz CT molecular complexity index is 1200. The first-order chi connectivity index (χ1) is 16.9. The highest BCUT2D eigenvalue weighted by Crippen LogP contribution is 2.42. The van der Waals surface area contributed by atoms with Crippen LogP contribution >= 0.6 is 0 Å². The van der Waals surface area contributed by atoms with Crippen molar-refractivity contribution >= 4 is 17.7 Å². The van der Waals surface area contributed by atoms with Crippen LogP contribution in [0.4, 0.5) is 0 Å². The van der Waals surface area contributed by atoms with E-state index in [1.807, 2.05) is 91.9 Å². The summed E-state index contributed by atoms with van der Waals surface area (Å²) in [4.78, 5) is 43.6. The summed E-state index contributed by atoms with van der Waals surface area (Å²) < 4.78 is 0. The van der Waals surface area contributed by atoms with Crippen molar-refractivity contribution < 1.29 is 19.5 Å². The number of amides is 3. The summed E-state index contributed by atoms with van der Waals surface area (Å²) in [5.74, 6) is -0.904. The first kappa shape index (κ1) is 24.4. The first-order valence-electron chi connectivity index (χ1n) is 11.8. The maximum atomic E-state index is 14.0. The summed E-state index contributed by atoms with van der Waals surface area (Å²) in [5, 5.41) is 9.63. The van der Waals surface area contributed by atoms with Crippen molar-refractivity contribution in [3.63, 3.8) is 0 Å². The second-order valence-electron chi connectivity index (χ2n) is 9.05. The van der Waals surface area contributed by atoms with E-state index in [4.69, 9.17) is 0 Å². The fourth-order valence-corrected chi connectivity index (χ4v) is 4.87. The molecule has 35 heavy (non-hydrogen) atoms. The lowest BCUT2D eigenvalue weighted by molar-refractivity contribution is -0.143. The molecular weight excluding hydrogens is 440 g/mol. The van der Waals surface area contributed by atoms with Gasteiger partial charge in [0.2, 0.25) is 17.7 Å². The molecule has 0 aliphatic carbocycles. The number of rotatable bonds is 9. The second-order valence-corrected chi connectivity index (χ2v) is 9.05. The molecule has 4 rings (SSSR count). The Morgan fingerprint density at radius 2 is 1.51 bits per heavy atom. The Balaban J connectivity index is 1.68. The van der Waals surface area contributed by atoms with Gasteiger partial charge in [-0.2, -0.15) is 0 Å². The molecule has 1 aliphatic rings. The van der Waals surface area contributed by atoms with Crippen molar-refractivity contribution in [3.8, 4) is 0 Å². The summed E-state index contributed by atoms with van der Waals surface area (Å²) in [6.45, 7) is 2.34. The van der Waals surface area contributed by atoms with Crippen molar-refractivity contribution in [2.24, 2.45) is 0 Å². The summed E-state index contributed by atoms with van der Waals surface area (Å²) in [6.07, 6.45) is -0.200. The van der Waals surface area contributed by atoms with Crippen molar-refractivity contribution in [2.45, 2.75) is 38.3 Å². The van der Waals surface area contributed by atoms with Crippen LogP contribution in [0.25, 0.3) is 0 Å². The van der Waals surface area contributed by atoms with Crippen LogP contribution in [0.15, 0.2) is 84.9 Å². The van der Waals surface area contributed by atoms with Crippen LogP contribution in [0.5, 0.6) is 0 Å². The monoisotopic (exact) mass is 470 g/mol. The number of aliphatic hydroxyl groups excluding tert-OH is 1. The summed E-state index contributed by atoms with van der Waals surface area (Å²) in [7, 11) is 0. The zero-order chi connectivity index (χ0) is 24.8. The lowest BCUT2D eigenvalue weighted by atomic mass is 9.74. The van der Waals surface area contributed by atoms with E-state index in [0.29, 0.717) is 12.1 Å². The topological polar surface area (TPSA) is 77.9 Å². The van der Waals surface area contributed by atoms with Crippen LogP contribution in [0.2, 0.25) is 0 Å². The number of aryl methyl sites for hydroxylation is 1. The molecule has 0 radical (unpaired) electrons. The van der Waals surface area contributed by atoms with Crippen molar-refractivity contribution in [1.82, 2.24) is 9.80 Å². The zero-order valence-corrected chi connectivity index (χ0v) is 19.9. The number of benzene rings is 3. The average Bonchev–Trinajstić information content (AvgIpc) is 3.10. The number of likely N-dealkylation sites (tertiary alicyclic amines) is 1. The lowest BCUT2D eigenvalue weighted by Gasteiger charge is -2.31. The maximum absolute atomic E-state index is 14.0. The van der Waals surface area contributed by atoms with Crippen LogP contribution in [0, 0.1) is 6.92 Å². The van der Waals surface area contributed by atoms with E-state index in [0.717, 1.165) is 16.7 Å². The van der Waals surface area contributed by atoms with E-state index >= 15 is 0 Å². The summed E-state index contributed by atoms with van der Waals surface area (Å²) in [5.41, 5.74) is 2.06. The van der Waals surface area contributed by atoms with Crippen LogP contribution in [-0.4, -0.2) is 45.8 Å². The molecule has 1 aliphatic heterocycles. The van der Waals surface area contributed by atoms with Crippen LogP contribution in [-0.2, 0) is 32.9 Å². The molecule has 0 aromatic heterocycles. The quantitative estimate of drug-likeness (QED) is 0.485. The van der Waals surface area contributed by atoms with Gasteiger partial charge in [-0.25, -0.2) is 0 Å². The van der Waals surface area contributed by atoms with Gasteiger partial charge in [0.05, 0.1) is 18.6 Å². The molecule has 1 fully saturated rings. The van der Waals surface area contributed by atoms with Gasteiger partial charge in [0.15, 0.2) is 0 Å². The van der Waals surface area contributed by atoms with Crippen molar-refractivity contribution in [3.05, 3.63) is 107 Å². The highest BCUT2D eigenvalue weighted by molar-refractivity contribution is 6.10. The molecule has 6 nitrogen and oxygen atoms in total. The van der Waals surface area contributed by atoms with Gasteiger partial charge in [-0.15, -0.1) is 0 Å². The molecule has 1 saturated heterocycles. The van der Waals surface area contributed by atoms with Gasteiger partial charge in [0.25, 0.3) is 0 Å². The number of aliphatic hydroxyl groups is 1. The molecular formula is C29H30N2O4. The van der Waals surface area contributed by atoms with Crippen LogP contribution in [0.3, 0.4) is 0 Å². The Labute approximate surface area is 205 Å². The fraction of sp³-hybridized carbons (Fsp3) is 0.276. The third-order valence-corrected chi connectivity index (χ3v) is 6.64. The van der Waals surface area contributed by atoms with Crippen LogP contribution in [0.1, 0.15) is 35.1 Å². The average molecular weight is 471 g/mol. The van der Waals surface area contributed by atoms with Gasteiger partial charge in [0.1, 0.15) is 0 Å². The Kier molecular flexibility index (Phi) is 7.42. The molecule has 3 amide bonds. The number of hydrogen-bond acceptors (Lipinski definition) is 4. The van der Waals surface area contributed by atoms with Crippen molar-refractivity contribution in [2.75, 3.05) is 13.2 Å². The van der Waals surface area contributed by atoms with E-state index in [1.54, 1.807) is 4.90 Å². The second kappa shape index (κ2) is 10.7. The molecule has 180 valence electrons. The molecule has 6 heteroatoms. The van der Waals surface area contributed by atoms with Gasteiger partial charge >= 0.3 is 0 Å². The predicted molar refractivity (Wildman–Crippen MR) is 133 cm³/mol. The van der Waals surface area contributed by atoms with Gasteiger partial charge in [-0.05, 0) is 29.2 Å². The van der Waals surface area contributed by atoms with E-state index in [-0.39, 0.29) is 50.3 Å². The number of nitrogens with zero attached hydrogens (tertiary/aromatic N) is 2. The maximum Gasteiger partial charge on any atom is 0.241 e. The minimum atomic E-state index is -1.28. The summed E-state index contributed by atoms with van der Waals surface area (Å²) in [6, 6.07) is 26.4. The smallest absolute Gasteiger partial charge is 0.241 e. The molecule has 0 bridgehead atoms. The lowest BCUT2D eigenvalue weighted by Crippen LogP contribution is -2.44. The van der Waals surface area contributed by atoms with E-state index in [1.165, 1.54) is 4.90 Å². The summed E-state index contributed by atoms with van der Waals surface area (Å²) >= 11 is 0. The Hall–Kier alpha value is -3.77. The minimum Gasteiger partial charge on any atom is -0.395 e. The van der Waals surface area contributed by atoms with Gasteiger partial charge in [-0.1, -0.05) is 84.9 Å². The number of carbonyl (C=O) groups excluding carboxylic acids is 3. The van der Waals surface area contributed by atoms with Gasteiger partial charge in [0, 0.05) is 25.9 Å². The molecule has 3 aromatic carbocycles. The minimum absolute atomic E-state index is 0.0619. The van der Waals surface area contributed by atoms with Gasteiger partial charge in [-0.3, -0.25) is 19.3 Å². The highest BCUT2D eigenvalue weighted by atomic mass is 16.3. The third kappa shape index (κ3) is 5.17. The predicted octanol–water partition coefficient (Wildman–Crippen LogP) is 3.60. The normalized spacial score (nSPS) is 17.6. The SMILES string of the molecule is Cc1ccccc1[C@]1(CC(=O)N(CCO)Cc2ccccc2)CC(=O)N(Cc2ccccc2)C1=O. The highest BCUT2D eigenvalue weighted by Gasteiger charge is 2.54. The van der Waals surface area contributed by atoms with Crippen LogP contribution < -0.4 is 0 Å². The Morgan fingerprint density at radius 1 is 0.914 bits per heavy atom. The molecule has 1 heterocycles. The standard InChI is InChI=1S/C29H30N2O4/c1-22-10-8-9-15-25(22)29(18-26(33)30(16-17-32)20-23-11-4-2-5-12-23)19-27(34)31(28(29)35)21-24-13-6-3-7-14-24/h2-15,32H,16-21H2,1H3/t29-/m0/s1. The van der Waals surface area contributed by atoms with Crippen molar-refractivity contribution in [1.29, 1.82) is 0 Å². The Morgan fingerprint density at radius 3 is 2.14 bits per heavy atom. The molecule has 0 unspecified atom stereocenters. The van der Waals surface area contributed by atoms with E-state index in [9.17, 15) is 19.5 Å². The van der Waals surface area contributed by atoms with E-state index in [2.05, 4.69) is 0 Å². The molecule has 3 aromatic rings. The van der Waals surface area contributed by atoms with E-state index < -0.39 is 5.41 Å². The fourth-order valence-electron chi connectivity index (χ4n) is 4.87. The third-order valence-electron chi connectivity index (χ3n) is 6.64.